The molecular formula is C21H24N2O3. The Morgan fingerprint density at radius 1 is 1.12 bits per heavy atom. The van der Waals surface area contributed by atoms with Crippen molar-refractivity contribution in [3.8, 4) is 0 Å². The van der Waals surface area contributed by atoms with Crippen molar-refractivity contribution in [1.29, 1.82) is 0 Å². The molecule has 0 bridgehead atoms. The first kappa shape index (κ1) is 16.1. The van der Waals surface area contributed by atoms with Crippen molar-refractivity contribution in [1.82, 2.24) is 9.88 Å². The van der Waals surface area contributed by atoms with E-state index in [9.17, 15) is 4.79 Å². The number of amides is 1. The fourth-order valence-electron chi connectivity index (χ4n) is 4.56. The van der Waals surface area contributed by atoms with Gasteiger partial charge in [-0.15, -0.1) is 0 Å². The molecule has 1 atom stereocenters. The van der Waals surface area contributed by atoms with Gasteiger partial charge in [-0.05, 0) is 36.8 Å². The van der Waals surface area contributed by atoms with Crippen LogP contribution in [0.3, 0.4) is 0 Å². The predicted octanol–water partition coefficient (Wildman–Crippen LogP) is 3.18. The summed E-state index contributed by atoms with van der Waals surface area (Å²) < 4.78 is 11.5. The summed E-state index contributed by atoms with van der Waals surface area (Å²) in [7, 11) is 0. The third-order valence-corrected chi connectivity index (χ3v) is 6.06. The summed E-state index contributed by atoms with van der Waals surface area (Å²) >= 11 is 0. The van der Waals surface area contributed by atoms with Gasteiger partial charge in [0.2, 0.25) is 5.91 Å². The molecule has 2 aliphatic heterocycles. The maximum atomic E-state index is 13.1. The van der Waals surface area contributed by atoms with Gasteiger partial charge in [0.1, 0.15) is 11.5 Å². The number of nitrogens with zero attached hydrogens (tertiary/aromatic N) is 2. The highest BCUT2D eigenvalue weighted by Gasteiger charge is 2.34. The molecule has 3 heterocycles. The van der Waals surface area contributed by atoms with E-state index < -0.39 is 0 Å². The van der Waals surface area contributed by atoms with Gasteiger partial charge in [0.05, 0.1) is 12.5 Å². The molecular weight excluding hydrogens is 328 g/mol. The Morgan fingerprint density at radius 3 is 2.85 bits per heavy atom. The number of hydrogen-bond acceptors (Lipinski definition) is 4. The largest absolute Gasteiger partial charge is 0.445 e. The number of carbonyl (C=O) groups excluding carboxylic acids is 1. The van der Waals surface area contributed by atoms with Gasteiger partial charge in [0, 0.05) is 32.1 Å². The highest BCUT2D eigenvalue weighted by atomic mass is 16.5. The number of carbonyl (C=O) groups is 1. The van der Waals surface area contributed by atoms with E-state index in [1.54, 1.807) is 0 Å². The van der Waals surface area contributed by atoms with Gasteiger partial charge in [-0.25, -0.2) is 4.98 Å². The number of ether oxygens (including phenoxy) is 1. The molecule has 0 spiro atoms. The first-order chi connectivity index (χ1) is 12.8. The predicted molar refractivity (Wildman–Crippen MR) is 95.9 cm³/mol. The Morgan fingerprint density at radius 2 is 1.96 bits per heavy atom. The van der Waals surface area contributed by atoms with E-state index in [-0.39, 0.29) is 11.8 Å². The molecule has 2 aromatic rings. The van der Waals surface area contributed by atoms with E-state index in [1.165, 1.54) is 11.1 Å². The van der Waals surface area contributed by atoms with E-state index in [4.69, 9.17) is 14.1 Å². The van der Waals surface area contributed by atoms with E-state index in [0.717, 1.165) is 69.2 Å². The van der Waals surface area contributed by atoms with Crippen LogP contribution in [0.5, 0.6) is 0 Å². The number of aryl methyl sites for hydroxylation is 1. The zero-order valence-electron chi connectivity index (χ0n) is 14.9. The number of hydrogen-bond donors (Lipinski definition) is 0. The molecule has 1 amide bonds. The molecule has 26 heavy (non-hydrogen) atoms. The fourth-order valence-corrected chi connectivity index (χ4v) is 4.56. The summed E-state index contributed by atoms with van der Waals surface area (Å²) in [6.07, 6.45) is 4.64. The monoisotopic (exact) mass is 352 g/mol. The van der Waals surface area contributed by atoms with Crippen LogP contribution in [0.4, 0.5) is 0 Å². The summed E-state index contributed by atoms with van der Waals surface area (Å²) in [5.41, 5.74) is 3.50. The molecule has 136 valence electrons. The van der Waals surface area contributed by atoms with Crippen LogP contribution in [0, 0.1) is 0 Å². The number of aromatic nitrogens is 1. The number of rotatable bonds is 2. The van der Waals surface area contributed by atoms with Crippen molar-refractivity contribution in [2.45, 2.75) is 50.5 Å². The smallest absolute Gasteiger partial charge is 0.230 e. The van der Waals surface area contributed by atoms with Crippen LogP contribution in [-0.2, 0) is 28.9 Å². The first-order valence-electron chi connectivity index (χ1n) is 9.72. The maximum Gasteiger partial charge on any atom is 0.230 e. The fraction of sp³-hybridized carbons (Fsp3) is 0.524. The van der Waals surface area contributed by atoms with Crippen LogP contribution < -0.4 is 0 Å². The van der Waals surface area contributed by atoms with Crippen molar-refractivity contribution in [2.75, 3.05) is 19.8 Å². The van der Waals surface area contributed by atoms with Gasteiger partial charge in [-0.3, -0.25) is 4.79 Å². The molecule has 1 aromatic heterocycles. The van der Waals surface area contributed by atoms with Gasteiger partial charge in [0.15, 0.2) is 5.89 Å². The highest BCUT2D eigenvalue weighted by molar-refractivity contribution is 5.85. The average Bonchev–Trinajstić information content (AvgIpc) is 3.32. The molecule has 0 saturated carbocycles. The zero-order valence-corrected chi connectivity index (χ0v) is 14.9. The van der Waals surface area contributed by atoms with Crippen molar-refractivity contribution in [3.63, 3.8) is 0 Å². The maximum absolute atomic E-state index is 13.1. The van der Waals surface area contributed by atoms with Gasteiger partial charge in [-0.1, -0.05) is 24.3 Å². The summed E-state index contributed by atoms with van der Waals surface area (Å²) in [6, 6.07) is 8.36. The normalized spacial score (nSPS) is 22.9. The molecule has 1 aliphatic carbocycles. The van der Waals surface area contributed by atoms with Crippen LogP contribution in [0.15, 0.2) is 28.7 Å². The second-order valence-electron chi connectivity index (χ2n) is 7.61. The minimum Gasteiger partial charge on any atom is -0.445 e. The molecule has 0 N–H and O–H groups in total. The Kier molecular flexibility index (Phi) is 4.04. The van der Waals surface area contributed by atoms with E-state index in [0.29, 0.717) is 12.5 Å². The third-order valence-electron chi connectivity index (χ3n) is 6.06. The standard InChI is InChI=1S/C21H24N2O3/c24-21(17-6-5-14-3-1-2-4-16(14)17)23-10-7-19-18(13-23)22-20(26-19)15-8-11-25-12-9-15/h1-4,15,17H,5-13H2. The molecule has 1 unspecified atom stereocenters. The summed E-state index contributed by atoms with van der Waals surface area (Å²) in [5.74, 6) is 2.44. The van der Waals surface area contributed by atoms with Gasteiger partial charge in [-0.2, -0.15) is 0 Å². The number of benzene rings is 1. The SMILES string of the molecule is O=C(C1CCc2ccccc21)N1CCc2oc(C3CCOCC3)nc2C1. The molecule has 1 fully saturated rings. The second-order valence-corrected chi connectivity index (χ2v) is 7.61. The molecule has 1 aromatic carbocycles. The Hall–Kier alpha value is -2.14. The van der Waals surface area contributed by atoms with Crippen molar-refractivity contribution in [2.24, 2.45) is 0 Å². The highest BCUT2D eigenvalue weighted by Crippen LogP contribution is 2.36. The Balaban J connectivity index is 1.33. The van der Waals surface area contributed by atoms with Crippen LogP contribution in [-0.4, -0.2) is 35.5 Å². The van der Waals surface area contributed by atoms with Crippen molar-refractivity contribution >= 4 is 5.91 Å². The lowest BCUT2D eigenvalue weighted by Crippen LogP contribution is -2.38. The van der Waals surface area contributed by atoms with E-state index in [2.05, 4.69) is 18.2 Å². The molecule has 5 heteroatoms. The number of fused-ring (bicyclic) bond motifs is 2. The van der Waals surface area contributed by atoms with Gasteiger partial charge >= 0.3 is 0 Å². The summed E-state index contributed by atoms with van der Waals surface area (Å²) in [4.78, 5) is 19.9. The van der Waals surface area contributed by atoms with Crippen LogP contribution in [0.25, 0.3) is 0 Å². The van der Waals surface area contributed by atoms with E-state index in [1.807, 2.05) is 11.0 Å². The van der Waals surface area contributed by atoms with Crippen LogP contribution in [0.2, 0.25) is 0 Å². The lowest BCUT2D eigenvalue weighted by Gasteiger charge is -2.28. The van der Waals surface area contributed by atoms with Gasteiger partial charge < -0.3 is 14.1 Å². The Bertz CT molecular complexity index is 822. The average molecular weight is 352 g/mol. The minimum absolute atomic E-state index is 0.00890. The third kappa shape index (κ3) is 2.75. The zero-order chi connectivity index (χ0) is 17.5. The molecule has 5 nitrogen and oxygen atoms in total. The second kappa shape index (κ2) is 6.54. The molecule has 1 saturated heterocycles. The van der Waals surface area contributed by atoms with Crippen LogP contribution >= 0.6 is 0 Å². The quantitative estimate of drug-likeness (QED) is 0.833. The lowest BCUT2D eigenvalue weighted by molar-refractivity contribution is -0.133. The summed E-state index contributed by atoms with van der Waals surface area (Å²) in [5, 5.41) is 0. The molecule has 0 radical (unpaired) electrons. The summed E-state index contributed by atoms with van der Waals surface area (Å²) in [6.45, 7) is 2.87. The molecule has 5 rings (SSSR count). The van der Waals surface area contributed by atoms with Gasteiger partial charge in [0.25, 0.3) is 0 Å². The topological polar surface area (TPSA) is 55.6 Å². The number of oxazole rings is 1. The lowest BCUT2D eigenvalue weighted by atomic mass is 9.98. The van der Waals surface area contributed by atoms with E-state index >= 15 is 0 Å². The van der Waals surface area contributed by atoms with Crippen molar-refractivity contribution < 1.29 is 13.9 Å². The molecule has 3 aliphatic rings. The Labute approximate surface area is 153 Å². The first-order valence-corrected chi connectivity index (χ1v) is 9.72. The minimum atomic E-state index is 0.00890. The van der Waals surface area contributed by atoms with Crippen LogP contribution in [0.1, 0.15) is 59.6 Å². The van der Waals surface area contributed by atoms with Crippen molar-refractivity contribution in [3.05, 3.63) is 52.7 Å².